The second-order valence-corrected chi connectivity index (χ2v) is 4.59. The Bertz CT molecular complexity index is 752. The fourth-order valence-corrected chi connectivity index (χ4v) is 2.03. The Hall–Kier alpha value is -3.06. The minimum absolute atomic E-state index is 0.742. The molecule has 0 spiro atoms. The van der Waals surface area contributed by atoms with Crippen LogP contribution in [0, 0.1) is 12.3 Å². The van der Waals surface area contributed by atoms with Crippen LogP contribution in [0.25, 0.3) is 5.69 Å². The molecule has 0 amide bonds. The van der Waals surface area contributed by atoms with Gasteiger partial charge in [-0.05, 0) is 35.9 Å². The fourth-order valence-electron chi connectivity index (χ4n) is 2.03. The van der Waals surface area contributed by atoms with E-state index in [9.17, 15) is 0 Å². The standard InChI is InChI=1S/C17H14N4/c1-2-14-4-3-5-16(10-14)19-11-15-6-8-17(9-7-15)21-13-18-12-20-21/h1,3-10,12-13,19H,11H2. The second-order valence-electron chi connectivity index (χ2n) is 4.59. The molecule has 4 nitrogen and oxygen atoms in total. The molecule has 21 heavy (non-hydrogen) atoms. The number of hydrogen-bond acceptors (Lipinski definition) is 3. The van der Waals surface area contributed by atoms with E-state index >= 15 is 0 Å². The second kappa shape index (κ2) is 5.93. The van der Waals surface area contributed by atoms with E-state index in [1.54, 1.807) is 11.0 Å². The van der Waals surface area contributed by atoms with Crippen LogP contribution < -0.4 is 5.32 Å². The van der Waals surface area contributed by atoms with Gasteiger partial charge in [0.2, 0.25) is 0 Å². The van der Waals surface area contributed by atoms with Crippen molar-refractivity contribution in [1.82, 2.24) is 14.8 Å². The lowest BCUT2D eigenvalue weighted by molar-refractivity contribution is 0.877. The predicted molar refractivity (Wildman–Crippen MR) is 83.1 cm³/mol. The first-order chi connectivity index (χ1) is 10.3. The molecule has 1 heterocycles. The average Bonchev–Trinajstić information content (AvgIpc) is 3.08. The van der Waals surface area contributed by atoms with Gasteiger partial charge in [-0.25, -0.2) is 9.67 Å². The van der Waals surface area contributed by atoms with Crippen LogP contribution in [0.4, 0.5) is 5.69 Å². The van der Waals surface area contributed by atoms with Crippen molar-refractivity contribution >= 4 is 5.69 Å². The van der Waals surface area contributed by atoms with Gasteiger partial charge >= 0.3 is 0 Å². The summed E-state index contributed by atoms with van der Waals surface area (Å²) in [6.45, 7) is 0.742. The molecule has 0 saturated heterocycles. The quantitative estimate of drug-likeness (QED) is 0.744. The number of nitrogens with zero attached hydrogens (tertiary/aromatic N) is 3. The highest BCUT2D eigenvalue weighted by atomic mass is 15.3. The van der Waals surface area contributed by atoms with E-state index in [4.69, 9.17) is 6.42 Å². The third-order valence-corrected chi connectivity index (χ3v) is 3.15. The number of nitrogens with one attached hydrogen (secondary N) is 1. The maximum absolute atomic E-state index is 5.40. The van der Waals surface area contributed by atoms with Crippen molar-refractivity contribution < 1.29 is 0 Å². The fraction of sp³-hybridized carbons (Fsp3) is 0.0588. The minimum atomic E-state index is 0.742. The number of anilines is 1. The van der Waals surface area contributed by atoms with Crippen molar-refractivity contribution in [3.05, 3.63) is 72.3 Å². The number of aromatic nitrogens is 3. The van der Waals surface area contributed by atoms with Crippen LogP contribution in [-0.2, 0) is 6.54 Å². The SMILES string of the molecule is C#Cc1cccc(NCc2ccc(-n3cncn3)cc2)c1. The third-order valence-electron chi connectivity index (χ3n) is 3.15. The summed E-state index contributed by atoms with van der Waals surface area (Å²) in [5.74, 6) is 2.63. The summed E-state index contributed by atoms with van der Waals surface area (Å²) in [5, 5.41) is 7.46. The van der Waals surface area contributed by atoms with Crippen LogP contribution >= 0.6 is 0 Å². The summed E-state index contributed by atoms with van der Waals surface area (Å²) >= 11 is 0. The lowest BCUT2D eigenvalue weighted by Gasteiger charge is -2.08. The van der Waals surface area contributed by atoms with Crippen molar-refractivity contribution in [2.24, 2.45) is 0 Å². The molecule has 0 saturated carbocycles. The van der Waals surface area contributed by atoms with E-state index < -0.39 is 0 Å². The smallest absolute Gasteiger partial charge is 0.138 e. The van der Waals surface area contributed by atoms with Crippen molar-refractivity contribution in [3.8, 4) is 18.0 Å². The average molecular weight is 274 g/mol. The Labute approximate surface area is 123 Å². The van der Waals surface area contributed by atoms with Crippen molar-refractivity contribution in [3.63, 3.8) is 0 Å². The molecular weight excluding hydrogens is 260 g/mol. The van der Waals surface area contributed by atoms with Gasteiger partial charge in [0.25, 0.3) is 0 Å². The molecule has 1 aromatic heterocycles. The molecule has 0 bridgehead atoms. The van der Waals surface area contributed by atoms with Crippen LogP contribution in [-0.4, -0.2) is 14.8 Å². The third kappa shape index (κ3) is 3.10. The maximum atomic E-state index is 5.40. The zero-order valence-corrected chi connectivity index (χ0v) is 11.4. The molecule has 0 aliphatic rings. The van der Waals surface area contributed by atoms with Crippen LogP contribution in [0.2, 0.25) is 0 Å². The van der Waals surface area contributed by atoms with Gasteiger partial charge in [-0.2, -0.15) is 5.10 Å². The molecule has 0 aliphatic carbocycles. The molecule has 102 valence electrons. The van der Waals surface area contributed by atoms with Crippen LogP contribution in [0.3, 0.4) is 0 Å². The van der Waals surface area contributed by atoms with Gasteiger partial charge in [-0.15, -0.1) is 6.42 Å². The zero-order valence-electron chi connectivity index (χ0n) is 11.4. The molecule has 3 rings (SSSR count). The van der Waals surface area contributed by atoms with Gasteiger partial charge in [-0.1, -0.05) is 24.1 Å². The van der Waals surface area contributed by atoms with E-state index in [-0.39, 0.29) is 0 Å². The van der Waals surface area contributed by atoms with Crippen LogP contribution in [0.1, 0.15) is 11.1 Å². The summed E-state index contributed by atoms with van der Waals surface area (Å²) in [7, 11) is 0. The Morgan fingerprint density at radius 3 is 2.71 bits per heavy atom. The highest BCUT2D eigenvalue weighted by molar-refractivity contribution is 5.50. The van der Waals surface area contributed by atoms with E-state index in [0.29, 0.717) is 0 Å². The van der Waals surface area contributed by atoms with E-state index in [1.807, 2.05) is 36.4 Å². The van der Waals surface area contributed by atoms with Gasteiger partial charge in [0.05, 0.1) is 5.69 Å². The summed E-state index contributed by atoms with van der Waals surface area (Å²) < 4.78 is 1.73. The highest BCUT2D eigenvalue weighted by Gasteiger charge is 1.98. The summed E-state index contributed by atoms with van der Waals surface area (Å²) in [6, 6.07) is 16.0. The first kappa shape index (κ1) is 12.9. The lowest BCUT2D eigenvalue weighted by atomic mass is 10.2. The Morgan fingerprint density at radius 1 is 1.14 bits per heavy atom. The van der Waals surface area contributed by atoms with Gasteiger partial charge in [0.15, 0.2) is 0 Å². The van der Waals surface area contributed by atoms with Crippen molar-refractivity contribution in [2.75, 3.05) is 5.32 Å². The minimum Gasteiger partial charge on any atom is -0.381 e. The molecular formula is C17H14N4. The Kier molecular flexibility index (Phi) is 3.66. The topological polar surface area (TPSA) is 42.7 Å². The van der Waals surface area contributed by atoms with E-state index in [0.717, 1.165) is 23.5 Å². The molecule has 2 aromatic carbocycles. The molecule has 0 radical (unpaired) electrons. The van der Waals surface area contributed by atoms with E-state index in [1.165, 1.54) is 11.9 Å². The predicted octanol–water partition coefficient (Wildman–Crippen LogP) is 2.86. The molecule has 0 unspecified atom stereocenters. The summed E-state index contributed by atoms with van der Waals surface area (Å²) in [4.78, 5) is 3.94. The largest absolute Gasteiger partial charge is 0.381 e. The highest BCUT2D eigenvalue weighted by Crippen LogP contribution is 2.13. The first-order valence-electron chi connectivity index (χ1n) is 6.59. The summed E-state index contributed by atoms with van der Waals surface area (Å²) in [6.07, 6.45) is 8.60. The molecule has 0 atom stereocenters. The van der Waals surface area contributed by atoms with Gasteiger partial charge in [-0.3, -0.25) is 0 Å². The Balaban J connectivity index is 1.67. The molecule has 1 N–H and O–H groups in total. The first-order valence-corrected chi connectivity index (χ1v) is 6.59. The molecule has 3 aromatic rings. The number of rotatable bonds is 4. The van der Waals surface area contributed by atoms with Gasteiger partial charge in [0, 0.05) is 17.8 Å². The van der Waals surface area contributed by atoms with Gasteiger partial charge in [0.1, 0.15) is 12.7 Å². The van der Waals surface area contributed by atoms with Crippen molar-refractivity contribution in [1.29, 1.82) is 0 Å². The molecule has 0 aliphatic heterocycles. The maximum Gasteiger partial charge on any atom is 0.138 e. The number of hydrogen-bond donors (Lipinski definition) is 1. The number of terminal acetylenes is 1. The molecule has 0 fully saturated rings. The lowest BCUT2D eigenvalue weighted by Crippen LogP contribution is -2.00. The number of benzene rings is 2. The Morgan fingerprint density at radius 2 is 2.00 bits per heavy atom. The normalized spacial score (nSPS) is 10.0. The monoisotopic (exact) mass is 274 g/mol. The van der Waals surface area contributed by atoms with Crippen LogP contribution in [0.15, 0.2) is 61.2 Å². The molecule has 4 heteroatoms. The van der Waals surface area contributed by atoms with E-state index in [2.05, 4.69) is 33.5 Å². The van der Waals surface area contributed by atoms with Crippen molar-refractivity contribution in [2.45, 2.75) is 6.54 Å². The summed E-state index contributed by atoms with van der Waals surface area (Å²) in [5.41, 5.74) is 4.07. The van der Waals surface area contributed by atoms with Crippen LogP contribution in [0.5, 0.6) is 0 Å². The zero-order chi connectivity index (χ0) is 14.5. The van der Waals surface area contributed by atoms with Gasteiger partial charge < -0.3 is 5.32 Å².